The van der Waals surface area contributed by atoms with Gasteiger partial charge in [0.25, 0.3) is 5.91 Å². The second-order valence-corrected chi connectivity index (χ2v) is 6.29. The highest BCUT2D eigenvalue weighted by Gasteiger charge is 2.12. The zero-order chi connectivity index (χ0) is 20.1. The van der Waals surface area contributed by atoms with Crippen molar-refractivity contribution >= 4 is 17.6 Å². The molecule has 0 saturated carbocycles. The topological polar surface area (TPSA) is 93.2 Å². The molecule has 3 rings (SSSR count). The lowest BCUT2D eigenvalue weighted by Crippen LogP contribution is -2.21. The van der Waals surface area contributed by atoms with E-state index in [0.29, 0.717) is 16.9 Å². The Morgan fingerprint density at radius 3 is 2.32 bits per heavy atom. The number of aromatic nitrogens is 2. The van der Waals surface area contributed by atoms with Crippen LogP contribution in [0.1, 0.15) is 28.5 Å². The van der Waals surface area contributed by atoms with Gasteiger partial charge in [-0.1, -0.05) is 19.1 Å². The molecule has 7 heteroatoms. The minimum atomic E-state index is -0.610. The summed E-state index contributed by atoms with van der Waals surface area (Å²) in [6, 6.07) is 13.9. The Bertz CT molecular complexity index is 1030. The number of amides is 1. The largest absolute Gasteiger partial charge is 0.452 e. The quantitative estimate of drug-likeness (QED) is 0.644. The van der Waals surface area contributed by atoms with E-state index in [2.05, 4.69) is 17.2 Å². The first-order valence-electron chi connectivity index (χ1n) is 8.91. The lowest BCUT2D eigenvalue weighted by molar-refractivity contribution is -0.119. The van der Waals surface area contributed by atoms with Gasteiger partial charge in [0.1, 0.15) is 0 Å². The lowest BCUT2D eigenvalue weighted by Gasteiger charge is -2.08. The predicted molar refractivity (Wildman–Crippen MR) is 106 cm³/mol. The van der Waals surface area contributed by atoms with Gasteiger partial charge < -0.3 is 15.0 Å². The number of hydrogen-bond donors (Lipinski definition) is 2. The molecule has 0 bridgehead atoms. The lowest BCUT2D eigenvalue weighted by atomic mass is 10.1. The molecular formula is C21H21N3O4. The Balaban J connectivity index is 1.57. The van der Waals surface area contributed by atoms with Gasteiger partial charge in [-0.05, 0) is 55.3 Å². The van der Waals surface area contributed by atoms with Gasteiger partial charge in [0.2, 0.25) is 0 Å². The van der Waals surface area contributed by atoms with E-state index in [1.807, 2.05) is 24.3 Å². The second kappa shape index (κ2) is 8.39. The van der Waals surface area contributed by atoms with Crippen LogP contribution in [0, 0.1) is 6.92 Å². The van der Waals surface area contributed by atoms with Crippen LogP contribution in [0.5, 0.6) is 0 Å². The highest BCUT2D eigenvalue weighted by molar-refractivity contribution is 5.95. The number of aromatic amines is 1. The molecule has 7 nitrogen and oxygen atoms in total. The molecule has 0 atom stereocenters. The molecule has 0 spiro atoms. The van der Waals surface area contributed by atoms with Crippen molar-refractivity contribution in [3.8, 4) is 5.69 Å². The maximum Gasteiger partial charge on any atom is 0.338 e. The summed E-state index contributed by atoms with van der Waals surface area (Å²) >= 11 is 0. The molecule has 144 valence electrons. The fourth-order valence-corrected chi connectivity index (χ4v) is 2.76. The average Bonchev–Trinajstić information content (AvgIpc) is 3.05. The van der Waals surface area contributed by atoms with Crippen LogP contribution in [0.4, 0.5) is 5.69 Å². The van der Waals surface area contributed by atoms with Gasteiger partial charge in [0.05, 0.1) is 11.3 Å². The van der Waals surface area contributed by atoms with Crippen molar-refractivity contribution in [3.05, 3.63) is 82.0 Å². The number of esters is 1. The van der Waals surface area contributed by atoms with E-state index in [1.165, 1.54) is 10.1 Å². The molecule has 0 aliphatic heterocycles. The third kappa shape index (κ3) is 4.37. The number of carbonyl (C=O) groups is 2. The van der Waals surface area contributed by atoms with E-state index >= 15 is 0 Å². The molecule has 2 aromatic carbocycles. The summed E-state index contributed by atoms with van der Waals surface area (Å²) in [4.78, 5) is 38.5. The van der Waals surface area contributed by atoms with Crippen molar-refractivity contribution in [2.24, 2.45) is 0 Å². The molecule has 0 saturated heterocycles. The van der Waals surface area contributed by atoms with Gasteiger partial charge in [0, 0.05) is 17.6 Å². The maximum atomic E-state index is 12.1. The number of ether oxygens (including phenoxy) is 1. The van der Waals surface area contributed by atoms with Gasteiger partial charge in [-0.25, -0.2) is 9.59 Å². The smallest absolute Gasteiger partial charge is 0.338 e. The summed E-state index contributed by atoms with van der Waals surface area (Å²) in [6.07, 6.45) is 2.53. The van der Waals surface area contributed by atoms with Gasteiger partial charge in [-0.2, -0.15) is 0 Å². The van der Waals surface area contributed by atoms with E-state index in [0.717, 1.165) is 12.1 Å². The van der Waals surface area contributed by atoms with Crippen LogP contribution in [-0.4, -0.2) is 28.0 Å². The molecule has 28 heavy (non-hydrogen) atoms. The zero-order valence-corrected chi connectivity index (χ0v) is 15.7. The summed E-state index contributed by atoms with van der Waals surface area (Å²) in [5.74, 6) is -1.02. The van der Waals surface area contributed by atoms with Gasteiger partial charge >= 0.3 is 11.7 Å². The Labute approximate surface area is 162 Å². The molecule has 0 unspecified atom stereocenters. The number of aryl methyl sites for hydroxylation is 2. The summed E-state index contributed by atoms with van der Waals surface area (Å²) in [5.41, 5.74) is 3.25. The van der Waals surface area contributed by atoms with Crippen molar-refractivity contribution in [2.75, 3.05) is 11.9 Å². The van der Waals surface area contributed by atoms with E-state index in [-0.39, 0.29) is 12.3 Å². The van der Waals surface area contributed by atoms with Crippen LogP contribution in [0.3, 0.4) is 0 Å². The molecule has 2 N–H and O–H groups in total. The number of imidazole rings is 1. The van der Waals surface area contributed by atoms with E-state index in [4.69, 9.17) is 4.74 Å². The maximum absolute atomic E-state index is 12.1. The predicted octanol–water partition coefficient (Wildman–Crippen LogP) is 2.83. The van der Waals surface area contributed by atoms with E-state index in [1.54, 1.807) is 37.4 Å². The summed E-state index contributed by atoms with van der Waals surface area (Å²) in [7, 11) is 0. The SMILES string of the molecule is CCc1ccc(NC(=O)COC(=O)c2ccc(-n3c(C)c[nH]c3=O)cc2)cc1. The average molecular weight is 379 g/mol. The van der Waals surface area contributed by atoms with Crippen LogP contribution in [0.25, 0.3) is 5.69 Å². The molecular weight excluding hydrogens is 358 g/mol. The first-order valence-corrected chi connectivity index (χ1v) is 8.91. The molecule has 1 aromatic heterocycles. The summed E-state index contributed by atoms with van der Waals surface area (Å²) in [5, 5.41) is 2.68. The third-order valence-electron chi connectivity index (χ3n) is 4.30. The number of benzene rings is 2. The first kappa shape index (κ1) is 19.2. The molecule has 0 radical (unpaired) electrons. The van der Waals surface area contributed by atoms with Crippen LogP contribution < -0.4 is 11.0 Å². The Hall–Kier alpha value is -3.61. The fraction of sp³-hybridized carbons (Fsp3) is 0.190. The molecule has 1 amide bonds. The number of H-pyrrole nitrogens is 1. The van der Waals surface area contributed by atoms with Gasteiger partial charge in [0.15, 0.2) is 6.61 Å². The molecule has 0 aliphatic carbocycles. The Morgan fingerprint density at radius 1 is 1.07 bits per heavy atom. The number of rotatable bonds is 6. The second-order valence-electron chi connectivity index (χ2n) is 6.29. The standard InChI is InChI=1S/C21H21N3O4/c1-3-15-4-8-17(9-5-15)23-19(25)13-28-20(26)16-6-10-18(11-7-16)24-14(2)12-22-21(24)27/h4-12H,3,13H2,1-2H3,(H,22,27)(H,23,25). The summed E-state index contributed by atoms with van der Waals surface area (Å²) in [6.45, 7) is 3.47. The zero-order valence-electron chi connectivity index (χ0n) is 15.7. The number of anilines is 1. The van der Waals surface area contributed by atoms with Crippen molar-refractivity contribution in [3.63, 3.8) is 0 Å². The highest BCUT2D eigenvalue weighted by atomic mass is 16.5. The van der Waals surface area contributed by atoms with Crippen LogP contribution in [0.2, 0.25) is 0 Å². The number of hydrogen-bond acceptors (Lipinski definition) is 4. The van der Waals surface area contributed by atoms with E-state index in [9.17, 15) is 14.4 Å². The minimum absolute atomic E-state index is 0.253. The molecule has 3 aromatic rings. The first-order chi connectivity index (χ1) is 13.5. The monoisotopic (exact) mass is 379 g/mol. The third-order valence-corrected chi connectivity index (χ3v) is 4.30. The normalized spacial score (nSPS) is 10.5. The van der Waals surface area contributed by atoms with Crippen molar-refractivity contribution in [2.45, 2.75) is 20.3 Å². The fourth-order valence-electron chi connectivity index (χ4n) is 2.76. The minimum Gasteiger partial charge on any atom is -0.452 e. The van der Waals surface area contributed by atoms with Crippen LogP contribution >= 0.6 is 0 Å². The number of carbonyl (C=O) groups excluding carboxylic acids is 2. The van der Waals surface area contributed by atoms with Crippen LogP contribution in [-0.2, 0) is 16.0 Å². The van der Waals surface area contributed by atoms with E-state index < -0.39 is 11.9 Å². The Morgan fingerprint density at radius 2 is 1.75 bits per heavy atom. The van der Waals surface area contributed by atoms with Crippen molar-refractivity contribution in [1.82, 2.24) is 9.55 Å². The van der Waals surface area contributed by atoms with Gasteiger partial charge in [-0.15, -0.1) is 0 Å². The molecule has 0 aliphatic rings. The summed E-state index contributed by atoms with van der Waals surface area (Å²) < 4.78 is 6.55. The number of nitrogens with one attached hydrogen (secondary N) is 2. The molecule has 1 heterocycles. The van der Waals surface area contributed by atoms with Crippen molar-refractivity contribution in [1.29, 1.82) is 0 Å². The molecule has 0 fully saturated rings. The van der Waals surface area contributed by atoms with Gasteiger partial charge in [-0.3, -0.25) is 9.36 Å². The van der Waals surface area contributed by atoms with Crippen molar-refractivity contribution < 1.29 is 14.3 Å². The van der Waals surface area contributed by atoms with Crippen LogP contribution in [0.15, 0.2) is 59.5 Å². The Kier molecular flexibility index (Phi) is 5.74. The number of nitrogens with zero attached hydrogens (tertiary/aromatic N) is 1. The highest BCUT2D eigenvalue weighted by Crippen LogP contribution is 2.12.